The van der Waals surface area contributed by atoms with Gasteiger partial charge in [-0.2, -0.15) is 0 Å². The van der Waals surface area contributed by atoms with E-state index in [-0.39, 0.29) is 11.5 Å². The molecule has 0 bridgehead atoms. The molecular weight excluding hydrogens is 364 g/mol. The summed E-state index contributed by atoms with van der Waals surface area (Å²) in [5.74, 6) is 4.50. The van der Waals surface area contributed by atoms with Crippen LogP contribution < -0.4 is 0 Å². The van der Waals surface area contributed by atoms with E-state index in [1.165, 1.54) is 57.8 Å². The Labute approximate surface area is 187 Å². The van der Waals surface area contributed by atoms with Gasteiger partial charge in [0.25, 0.3) is 0 Å². The van der Waals surface area contributed by atoms with E-state index in [2.05, 4.69) is 54.5 Å². The van der Waals surface area contributed by atoms with E-state index in [9.17, 15) is 5.11 Å². The summed E-state index contributed by atoms with van der Waals surface area (Å²) in [6.45, 7) is 17.2. The van der Waals surface area contributed by atoms with Crippen molar-refractivity contribution in [3.05, 3.63) is 11.6 Å². The zero-order chi connectivity index (χ0) is 21.9. The fraction of sp³-hybridized carbons (Fsp3) is 0.931. The maximum atomic E-state index is 11.7. The first-order chi connectivity index (χ1) is 14.0. The van der Waals surface area contributed by atoms with Crippen LogP contribution in [0.2, 0.25) is 0 Å². The summed E-state index contributed by atoms with van der Waals surface area (Å²) in [6.07, 6.45) is 15.7. The second-order valence-electron chi connectivity index (χ2n) is 13.5. The number of rotatable bonds is 5. The van der Waals surface area contributed by atoms with E-state index in [4.69, 9.17) is 0 Å². The van der Waals surface area contributed by atoms with Crippen LogP contribution in [0.1, 0.15) is 113 Å². The van der Waals surface area contributed by atoms with Crippen molar-refractivity contribution < 1.29 is 5.11 Å². The van der Waals surface area contributed by atoms with E-state index < -0.39 is 0 Å². The van der Waals surface area contributed by atoms with Crippen LogP contribution in [0.5, 0.6) is 0 Å². The highest BCUT2D eigenvalue weighted by molar-refractivity contribution is 5.30. The minimum absolute atomic E-state index is 0.106. The van der Waals surface area contributed by atoms with Crippen LogP contribution in [-0.4, -0.2) is 11.2 Å². The van der Waals surface area contributed by atoms with Crippen molar-refractivity contribution >= 4 is 0 Å². The molecule has 0 aromatic heterocycles. The topological polar surface area (TPSA) is 20.2 Å². The molecule has 0 aromatic carbocycles. The van der Waals surface area contributed by atoms with Gasteiger partial charge in [0.05, 0.1) is 6.10 Å². The number of hydrogen-bond acceptors (Lipinski definition) is 1. The average Bonchev–Trinajstić information content (AvgIpc) is 3.01. The highest BCUT2D eigenvalue weighted by Crippen LogP contribution is 2.68. The molecule has 0 amide bonds. The van der Waals surface area contributed by atoms with Crippen LogP contribution in [-0.2, 0) is 0 Å². The predicted molar refractivity (Wildman–Crippen MR) is 128 cm³/mol. The standard InChI is InChI=1S/C29H50O/c1-19(2)10-8-11-20(3)22-13-14-23-21-12-15-25-27(4,5)16-9-17-28(25,6)24(21)18-26(30)29(22,23)7/h15,19-24,26,30H,8-14,16-18H2,1-7H3/t20?,21-,22+,23-,24-,26+,28+,29+/m0/s1. The molecule has 0 spiro atoms. The zero-order valence-electron chi connectivity index (χ0n) is 21.1. The highest BCUT2D eigenvalue weighted by atomic mass is 16.3. The van der Waals surface area contributed by atoms with Crippen molar-refractivity contribution in [1.82, 2.24) is 0 Å². The van der Waals surface area contributed by atoms with Crippen LogP contribution in [0.3, 0.4) is 0 Å². The first-order valence-corrected chi connectivity index (χ1v) is 13.4. The fourth-order valence-corrected chi connectivity index (χ4v) is 9.47. The van der Waals surface area contributed by atoms with Gasteiger partial charge in [-0.15, -0.1) is 0 Å². The molecule has 30 heavy (non-hydrogen) atoms. The smallest absolute Gasteiger partial charge is 0.0602 e. The molecule has 3 fully saturated rings. The van der Waals surface area contributed by atoms with Crippen LogP contribution in [0, 0.1) is 51.8 Å². The molecule has 0 saturated heterocycles. The van der Waals surface area contributed by atoms with Crippen molar-refractivity contribution in [2.75, 3.05) is 0 Å². The van der Waals surface area contributed by atoms with Crippen molar-refractivity contribution in [3.63, 3.8) is 0 Å². The largest absolute Gasteiger partial charge is 0.393 e. The van der Waals surface area contributed by atoms with Gasteiger partial charge < -0.3 is 5.11 Å². The molecule has 1 nitrogen and oxygen atoms in total. The third-order valence-corrected chi connectivity index (χ3v) is 11.0. The first-order valence-electron chi connectivity index (χ1n) is 13.4. The second-order valence-corrected chi connectivity index (χ2v) is 13.5. The van der Waals surface area contributed by atoms with Crippen molar-refractivity contribution in [2.24, 2.45) is 51.8 Å². The maximum absolute atomic E-state index is 11.7. The second kappa shape index (κ2) is 7.93. The van der Waals surface area contributed by atoms with Crippen molar-refractivity contribution in [1.29, 1.82) is 0 Å². The third kappa shape index (κ3) is 3.45. The van der Waals surface area contributed by atoms with Gasteiger partial charge in [0.1, 0.15) is 0 Å². The highest BCUT2D eigenvalue weighted by Gasteiger charge is 2.63. The molecule has 4 rings (SSSR count). The molecule has 1 unspecified atom stereocenters. The number of aliphatic hydroxyl groups excluding tert-OH is 1. The molecule has 1 N–H and O–H groups in total. The molecule has 0 aliphatic heterocycles. The summed E-state index contributed by atoms with van der Waals surface area (Å²) in [5.41, 5.74) is 2.57. The summed E-state index contributed by atoms with van der Waals surface area (Å²) in [7, 11) is 0. The lowest BCUT2D eigenvalue weighted by molar-refractivity contribution is -0.137. The molecule has 8 atom stereocenters. The number of allylic oxidation sites excluding steroid dienone is 2. The van der Waals surface area contributed by atoms with Crippen LogP contribution >= 0.6 is 0 Å². The minimum atomic E-state index is -0.106. The Balaban J connectivity index is 1.58. The Morgan fingerprint density at radius 3 is 2.43 bits per heavy atom. The Hall–Kier alpha value is -0.300. The van der Waals surface area contributed by atoms with E-state index in [1.54, 1.807) is 5.57 Å². The summed E-state index contributed by atoms with van der Waals surface area (Å²) < 4.78 is 0. The van der Waals surface area contributed by atoms with Crippen LogP contribution in [0.4, 0.5) is 0 Å². The Kier molecular flexibility index (Phi) is 6.05. The van der Waals surface area contributed by atoms with Gasteiger partial charge in [-0.3, -0.25) is 0 Å². The van der Waals surface area contributed by atoms with E-state index in [0.29, 0.717) is 22.7 Å². The molecule has 4 aliphatic carbocycles. The molecule has 0 radical (unpaired) electrons. The minimum Gasteiger partial charge on any atom is -0.393 e. The van der Waals surface area contributed by atoms with Gasteiger partial charge in [-0.05, 0) is 90.3 Å². The average molecular weight is 415 g/mol. The number of aliphatic hydroxyl groups is 1. The predicted octanol–water partition coefficient (Wildman–Crippen LogP) is 8.02. The Bertz CT molecular complexity index is 659. The fourth-order valence-electron chi connectivity index (χ4n) is 9.47. The summed E-state index contributed by atoms with van der Waals surface area (Å²) in [6, 6.07) is 0. The van der Waals surface area contributed by atoms with Gasteiger partial charge in [-0.1, -0.05) is 85.8 Å². The summed E-state index contributed by atoms with van der Waals surface area (Å²) >= 11 is 0. The molecule has 172 valence electrons. The lowest BCUT2D eigenvalue weighted by Crippen LogP contribution is -2.57. The van der Waals surface area contributed by atoms with Gasteiger partial charge in [0.15, 0.2) is 0 Å². The molecule has 1 heteroatoms. The molecule has 4 aliphatic rings. The SMILES string of the molecule is CC(C)CCCC(C)[C@H]1CC[C@H]2[C@@H]3CC=C4C(C)(C)CCC[C@]4(C)[C@H]3C[C@@H](O)[C@]12C. The van der Waals surface area contributed by atoms with Gasteiger partial charge in [0, 0.05) is 0 Å². The normalized spacial score (nSPS) is 46.0. The molecular formula is C29H50O. The van der Waals surface area contributed by atoms with E-state index in [1.807, 2.05) is 0 Å². The first kappa shape index (κ1) is 22.9. The van der Waals surface area contributed by atoms with Crippen LogP contribution in [0.15, 0.2) is 11.6 Å². The maximum Gasteiger partial charge on any atom is 0.0602 e. The van der Waals surface area contributed by atoms with Gasteiger partial charge >= 0.3 is 0 Å². The van der Waals surface area contributed by atoms with E-state index >= 15 is 0 Å². The molecule has 3 saturated carbocycles. The molecule has 0 aromatic rings. The summed E-state index contributed by atoms with van der Waals surface area (Å²) in [5, 5.41) is 11.7. The lowest BCUT2D eigenvalue weighted by atomic mass is 9.44. The van der Waals surface area contributed by atoms with Crippen LogP contribution in [0.25, 0.3) is 0 Å². The lowest BCUT2D eigenvalue weighted by Gasteiger charge is -2.61. The van der Waals surface area contributed by atoms with Crippen molar-refractivity contribution in [3.8, 4) is 0 Å². The Morgan fingerprint density at radius 1 is 1.00 bits per heavy atom. The van der Waals surface area contributed by atoms with Gasteiger partial charge in [-0.25, -0.2) is 0 Å². The third-order valence-electron chi connectivity index (χ3n) is 11.0. The van der Waals surface area contributed by atoms with Crippen molar-refractivity contribution in [2.45, 2.75) is 119 Å². The van der Waals surface area contributed by atoms with E-state index in [0.717, 1.165) is 30.1 Å². The number of fused-ring (bicyclic) bond motifs is 5. The summed E-state index contributed by atoms with van der Waals surface area (Å²) in [4.78, 5) is 0. The molecule has 0 heterocycles. The monoisotopic (exact) mass is 414 g/mol. The number of hydrogen-bond donors (Lipinski definition) is 1. The van der Waals surface area contributed by atoms with Gasteiger partial charge in [0.2, 0.25) is 0 Å². The zero-order valence-corrected chi connectivity index (χ0v) is 21.1. The Morgan fingerprint density at radius 2 is 1.73 bits per heavy atom. The quantitative estimate of drug-likeness (QED) is 0.451.